The second-order valence-electron chi connectivity index (χ2n) is 6.51. The summed E-state index contributed by atoms with van der Waals surface area (Å²) < 4.78 is 18.6. The molecule has 1 saturated heterocycles. The highest BCUT2D eigenvalue weighted by atomic mass is 35.5. The Kier molecular flexibility index (Phi) is 6.72. The number of hydrogen-bond acceptors (Lipinski definition) is 4. The van der Waals surface area contributed by atoms with Crippen LogP contribution >= 0.6 is 11.6 Å². The van der Waals surface area contributed by atoms with E-state index in [0.717, 1.165) is 38.4 Å². The maximum Gasteiger partial charge on any atom is 0.123 e. The first-order valence-corrected chi connectivity index (χ1v) is 9.27. The van der Waals surface area contributed by atoms with Gasteiger partial charge in [-0.25, -0.2) is 4.39 Å². The Morgan fingerprint density at radius 1 is 1.00 bits per heavy atom. The van der Waals surface area contributed by atoms with E-state index in [1.54, 1.807) is 24.3 Å². The van der Waals surface area contributed by atoms with Crippen LogP contribution in [0.2, 0.25) is 5.02 Å². The topological polar surface area (TPSA) is 35.9 Å². The number of hydrogen-bond donors (Lipinski definition) is 1. The summed E-state index contributed by atoms with van der Waals surface area (Å²) in [6, 6.07) is 13.8. The van der Waals surface area contributed by atoms with E-state index in [1.807, 2.05) is 12.1 Å². The van der Waals surface area contributed by atoms with Gasteiger partial charge in [0.15, 0.2) is 0 Å². The van der Waals surface area contributed by atoms with E-state index in [4.69, 9.17) is 16.3 Å². The van der Waals surface area contributed by atoms with Crippen LogP contribution in [0.5, 0.6) is 5.75 Å². The Hall–Kier alpha value is -1.82. The van der Waals surface area contributed by atoms with Crippen LogP contribution in [0.4, 0.5) is 10.1 Å². The minimum atomic E-state index is -0.499. The van der Waals surface area contributed by atoms with Crippen molar-refractivity contribution in [2.45, 2.75) is 12.5 Å². The average molecular weight is 379 g/mol. The normalized spacial score (nSPS) is 16.5. The molecule has 0 aliphatic carbocycles. The number of anilines is 1. The Morgan fingerprint density at radius 2 is 1.65 bits per heavy atom. The van der Waals surface area contributed by atoms with Crippen LogP contribution in [0.15, 0.2) is 48.5 Å². The fourth-order valence-corrected chi connectivity index (χ4v) is 3.15. The summed E-state index contributed by atoms with van der Waals surface area (Å²) in [5, 5.41) is 10.8. The van der Waals surface area contributed by atoms with Gasteiger partial charge in [0.05, 0.1) is 6.10 Å². The van der Waals surface area contributed by atoms with E-state index in [9.17, 15) is 9.50 Å². The summed E-state index contributed by atoms with van der Waals surface area (Å²) in [6.07, 6.45) is 0.172. The number of rotatable bonds is 7. The van der Waals surface area contributed by atoms with Crippen LogP contribution < -0.4 is 9.64 Å². The standard InChI is InChI=1S/C20H24ClFN2O2/c21-16-1-7-20(8-2-16)26-15-19(25)9-10-23-11-13-24(14-12-23)18-5-3-17(22)4-6-18/h1-8,19,25H,9-15H2. The zero-order valence-electron chi connectivity index (χ0n) is 14.7. The summed E-state index contributed by atoms with van der Waals surface area (Å²) >= 11 is 5.84. The summed E-state index contributed by atoms with van der Waals surface area (Å²) in [4.78, 5) is 4.60. The summed E-state index contributed by atoms with van der Waals surface area (Å²) in [6.45, 7) is 4.79. The summed E-state index contributed by atoms with van der Waals surface area (Å²) in [5.74, 6) is 0.503. The molecule has 1 N–H and O–H groups in total. The summed E-state index contributed by atoms with van der Waals surface area (Å²) in [5.41, 5.74) is 1.06. The monoisotopic (exact) mass is 378 g/mol. The van der Waals surface area contributed by atoms with Crippen molar-refractivity contribution >= 4 is 17.3 Å². The number of benzene rings is 2. The fourth-order valence-electron chi connectivity index (χ4n) is 3.02. The van der Waals surface area contributed by atoms with Gasteiger partial charge >= 0.3 is 0 Å². The average Bonchev–Trinajstić information content (AvgIpc) is 2.67. The lowest BCUT2D eigenvalue weighted by molar-refractivity contribution is 0.0866. The lowest BCUT2D eigenvalue weighted by Gasteiger charge is -2.36. The Balaban J connectivity index is 1.35. The summed E-state index contributed by atoms with van der Waals surface area (Å²) in [7, 11) is 0. The van der Waals surface area contributed by atoms with Crippen LogP contribution in [-0.4, -0.2) is 55.4 Å². The van der Waals surface area contributed by atoms with Gasteiger partial charge < -0.3 is 14.7 Å². The third kappa shape index (κ3) is 5.59. The van der Waals surface area contributed by atoms with Gasteiger partial charge in [0.1, 0.15) is 18.2 Å². The molecule has 0 amide bonds. The predicted octanol–water partition coefficient (Wildman–Crippen LogP) is 3.43. The Bertz CT molecular complexity index is 673. The van der Waals surface area contributed by atoms with Gasteiger partial charge in [-0.2, -0.15) is 0 Å². The maximum absolute atomic E-state index is 13.0. The third-order valence-corrected chi connectivity index (χ3v) is 4.85. The van der Waals surface area contributed by atoms with E-state index < -0.39 is 6.10 Å². The van der Waals surface area contributed by atoms with Crippen molar-refractivity contribution in [2.24, 2.45) is 0 Å². The molecule has 1 heterocycles. The molecule has 6 heteroatoms. The van der Waals surface area contributed by atoms with E-state index in [-0.39, 0.29) is 12.4 Å². The highest BCUT2D eigenvalue weighted by Crippen LogP contribution is 2.18. The highest BCUT2D eigenvalue weighted by Gasteiger charge is 2.18. The second-order valence-corrected chi connectivity index (χ2v) is 6.95. The smallest absolute Gasteiger partial charge is 0.123 e. The Morgan fingerprint density at radius 3 is 2.31 bits per heavy atom. The third-order valence-electron chi connectivity index (χ3n) is 4.60. The molecule has 1 aliphatic heterocycles. The van der Waals surface area contributed by atoms with Crippen molar-refractivity contribution in [2.75, 3.05) is 44.2 Å². The minimum Gasteiger partial charge on any atom is -0.491 e. The van der Waals surface area contributed by atoms with Crippen LogP contribution in [0, 0.1) is 5.82 Å². The van der Waals surface area contributed by atoms with Crippen LogP contribution in [0.25, 0.3) is 0 Å². The molecule has 1 unspecified atom stereocenters. The number of nitrogens with zero attached hydrogens (tertiary/aromatic N) is 2. The van der Waals surface area contributed by atoms with Gasteiger partial charge in [-0.1, -0.05) is 11.6 Å². The molecule has 0 bridgehead atoms. The fraction of sp³-hybridized carbons (Fsp3) is 0.400. The van der Waals surface area contributed by atoms with E-state index in [1.165, 1.54) is 12.1 Å². The molecule has 140 valence electrons. The van der Waals surface area contributed by atoms with Gasteiger partial charge in [-0.15, -0.1) is 0 Å². The molecule has 1 aliphatic rings. The van der Waals surface area contributed by atoms with Gasteiger partial charge in [-0.3, -0.25) is 4.90 Å². The molecule has 4 nitrogen and oxygen atoms in total. The van der Waals surface area contributed by atoms with E-state index in [2.05, 4.69) is 9.80 Å². The van der Waals surface area contributed by atoms with Crippen LogP contribution in [0.1, 0.15) is 6.42 Å². The molecule has 0 saturated carbocycles. The molecule has 0 spiro atoms. The number of aliphatic hydroxyl groups excluding tert-OH is 1. The highest BCUT2D eigenvalue weighted by molar-refractivity contribution is 6.30. The van der Waals surface area contributed by atoms with Gasteiger partial charge in [0.2, 0.25) is 0 Å². The first kappa shape index (κ1) is 19.0. The number of ether oxygens (including phenoxy) is 1. The molecule has 0 aromatic heterocycles. The molecular weight excluding hydrogens is 355 g/mol. The quantitative estimate of drug-likeness (QED) is 0.800. The van der Waals surface area contributed by atoms with Gasteiger partial charge in [0.25, 0.3) is 0 Å². The lowest BCUT2D eigenvalue weighted by Crippen LogP contribution is -2.47. The molecule has 26 heavy (non-hydrogen) atoms. The molecule has 1 fully saturated rings. The molecule has 0 radical (unpaired) electrons. The van der Waals surface area contributed by atoms with Crippen LogP contribution in [0.3, 0.4) is 0 Å². The number of halogens is 2. The molecule has 2 aromatic rings. The molecular formula is C20H24ClFN2O2. The van der Waals surface area contributed by atoms with Crippen molar-refractivity contribution < 1.29 is 14.2 Å². The lowest BCUT2D eigenvalue weighted by atomic mass is 10.2. The SMILES string of the molecule is OC(CCN1CCN(c2ccc(F)cc2)CC1)COc1ccc(Cl)cc1. The van der Waals surface area contributed by atoms with E-state index >= 15 is 0 Å². The zero-order chi connectivity index (χ0) is 18.4. The Labute approximate surface area is 158 Å². The molecule has 2 aromatic carbocycles. The van der Waals surface area contributed by atoms with Crippen molar-refractivity contribution in [3.05, 3.63) is 59.4 Å². The van der Waals surface area contributed by atoms with E-state index in [0.29, 0.717) is 17.2 Å². The number of piperazine rings is 1. The number of aliphatic hydroxyl groups is 1. The van der Waals surface area contributed by atoms with Crippen molar-refractivity contribution in [3.8, 4) is 5.75 Å². The van der Waals surface area contributed by atoms with Crippen molar-refractivity contribution in [1.82, 2.24) is 4.90 Å². The van der Waals surface area contributed by atoms with Crippen molar-refractivity contribution in [1.29, 1.82) is 0 Å². The maximum atomic E-state index is 13.0. The largest absolute Gasteiger partial charge is 0.491 e. The second kappa shape index (κ2) is 9.21. The van der Waals surface area contributed by atoms with Gasteiger partial charge in [-0.05, 0) is 55.0 Å². The predicted molar refractivity (Wildman–Crippen MR) is 103 cm³/mol. The minimum absolute atomic E-state index is 0.206. The molecule has 1 atom stereocenters. The molecule has 3 rings (SSSR count). The van der Waals surface area contributed by atoms with Crippen molar-refractivity contribution in [3.63, 3.8) is 0 Å². The first-order chi connectivity index (χ1) is 12.6. The van der Waals surface area contributed by atoms with Crippen LogP contribution in [-0.2, 0) is 0 Å². The zero-order valence-corrected chi connectivity index (χ0v) is 15.4. The first-order valence-electron chi connectivity index (χ1n) is 8.89. The van der Waals surface area contributed by atoms with Gasteiger partial charge in [0, 0.05) is 43.4 Å².